The highest BCUT2D eigenvalue weighted by molar-refractivity contribution is 7.86. The monoisotopic (exact) mass is 291 g/mol. The van der Waals surface area contributed by atoms with Crippen LogP contribution in [-0.4, -0.2) is 69.5 Å². The molecule has 1 aliphatic carbocycles. The first kappa shape index (κ1) is 15.2. The third kappa shape index (κ3) is 4.68. The fourth-order valence-corrected chi connectivity index (χ4v) is 3.58. The molecule has 0 radical (unpaired) electrons. The molecule has 0 aromatic rings. The zero-order valence-corrected chi connectivity index (χ0v) is 12.5. The van der Waals surface area contributed by atoms with Gasteiger partial charge in [-0.05, 0) is 32.2 Å². The van der Waals surface area contributed by atoms with Crippen molar-refractivity contribution in [3.8, 4) is 0 Å². The molecule has 1 heterocycles. The van der Waals surface area contributed by atoms with Gasteiger partial charge in [0.25, 0.3) is 10.2 Å². The molecule has 1 N–H and O–H groups in total. The van der Waals surface area contributed by atoms with Gasteiger partial charge in [-0.2, -0.15) is 17.0 Å². The van der Waals surface area contributed by atoms with Gasteiger partial charge in [0.15, 0.2) is 0 Å². The number of nitrogens with zero attached hydrogens (tertiary/aromatic N) is 2. The van der Waals surface area contributed by atoms with Crippen molar-refractivity contribution >= 4 is 10.2 Å². The first-order chi connectivity index (χ1) is 9.10. The molecule has 0 amide bonds. The maximum atomic E-state index is 12.4. The van der Waals surface area contributed by atoms with Crippen LogP contribution < -0.4 is 5.32 Å². The highest BCUT2D eigenvalue weighted by Gasteiger charge is 2.27. The minimum Gasteiger partial charge on any atom is -0.380 e. The Morgan fingerprint density at radius 3 is 2.84 bits per heavy atom. The number of hydrogen-bond acceptors (Lipinski definition) is 4. The molecule has 7 heteroatoms. The van der Waals surface area contributed by atoms with Crippen molar-refractivity contribution in [1.29, 1.82) is 0 Å². The molecule has 1 saturated carbocycles. The Kier molecular flexibility index (Phi) is 5.58. The van der Waals surface area contributed by atoms with Crippen LogP contribution in [0.25, 0.3) is 0 Å². The van der Waals surface area contributed by atoms with Crippen molar-refractivity contribution in [2.45, 2.75) is 31.7 Å². The summed E-state index contributed by atoms with van der Waals surface area (Å²) in [7, 11) is -1.65. The molecule has 19 heavy (non-hydrogen) atoms. The molecular formula is C12H25N3O3S. The molecule has 0 spiro atoms. The average Bonchev–Trinajstić information content (AvgIpc) is 3.20. The SMILES string of the molecule is CN(CCCNC1CC1)S(=O)(=O)N1CCCOCC1. The van der Waals surface area contributed by atoms with Crippen molar-refractivity contribution in [3.63, 3.8) is 0 Å². The van der Waals surface area contributed by atoms with E-state index in [2.05, 4.69) is 5.32 Å². The first-order valence-corrected chi connectivity index (χ1v) is 8.53. The van der Waals surface area contributed by atoms with Crippen molar-refractivity contribution in [2.75, 3.05) is 46.4 Å². The summed E-state index contributed by atoms with van der Waals surface area (Å²) in [6.07, 6.45) is 4.16. The lowest BCUT2D eigenvalue weighted by Crippen LogP contribution is -2.43. The summed E-state index contributed by atoms with van der Waals surface area (Å²) in [5.41, 5.74) is 0. The number of ether oxygens (including phenoxy) is 1. The van der Waals surface area contributed by atoms with Crippen LogP contribution in [0.15, 0.2) is 0 Å². The normalized spacial score (nSPS) is 22.6. The largest absolute Gasteiger partial charge is 0.380 e. The van der Waals surface area contributed by atoms with E-state index in [-0.39, 0.29) is 0 Å². The summed E-state index contributed by atoms with van der Waals surface area (Å²) in [5.74, 6) is 0. The Morgan fingerprint density at radius 2 is 2.11 bits per heavy atom. The topological polar surface area (TPSA) is 61.9 Å². The summed E-state index contributed by atoms with van der Waals surface area (Å²) in [4.78, 5) is 0. The smallest absolute Gasteiger partial charge is 0.281 e. The van der Waals surface area contributed by atoms with Gasteiger partial charge in [-0.1, -0.05) is 0 Å². The van der Waals surface area contributed by atoms with Crippen molar-refractivity contribution in [3.05, 3.63) is 0 Å². The Labute approximate surface area is 116 Å². The van der Waals surface area contributed by atoms with Crippen LogP contribution in [0.4, 0.5) is 0 Å². The van der Waals surface area contributed by atoms with Gasteiger partial charge in [0.05, 0.1) is 6.61 Å². The molecule has 0 aromatic carbocycles. The van der Waals surface area contributed by atoms with E-state index in [0.717, 1.165) is 19.4 Å². The van der Waals surface area contributed by atoms with Crippen LogP contribution in [0.5, 0.6) is 0 Å². The Bertz CT molecular complexity index is 362. The van der Waals surface area contributed by atoms with E-state index in [1.165, 1.54) is 21.5 Å². The minimum absolute atomic E-state index is 0.465. The van der Waals surface area contributed by atoms with Gasteiger partial charge in [-0.25, -0.2) is 0 Å². The Hall–Kier alpha value is -0.210. The zero-order chi connectivity index (χ0) is 13.7. The summed E-state index contributed by atoms with van der Waals surface area (Å²) >= 11 is 0. The predicted octanol–water partition coefficient (Wildman–Crippen LogP) is 0.0274. The number of hydrogen-bond donors (Lipinski definition) is 1. The maximum absolute atomic E-state index is 12.4. The van der Waals surface area contributed by atoms with Gasteiger partial charge in [0.2, 0.25) is 0 Å². The fourth-order valence-electron chi connectivity index (χ4n) is 2.16. The van der Waals surface area contributed by atoms with Crippen molar-refractivity contribution in [2.24, 2.45) is 0 Å². The van der Waals surface area contributed by atoms with E-state index in [1.807, 2.05) is 0 Å². The van der Waals surface area contributed by atoms with E-state index >= 15 is 0 Å². The van der Waals surface area contributed by atoms with Gasteiger partial charge in [0.1, 0.15) is 0 Å². The van der Waals surface area contributed by atoms with E-state index in [0.29, 0.717) is 38.9 Å². The molecule has 0 unspecified atom stereocenters. The van der Waals surface area contributed by atoms with Crippen LogP contribution in [0.2, 0.25) is 0 Å². The molecule has 0 bridgehead atoms. The standard InChI is InChI=1S/C12H25N3O3S/c1-14(7-2-6-13-12-4-5-12)19(16,17)15-8-3-10-18-11-9-15/h12-13H,2-11H2,1H3. The third-order valence-electron chi connectivity index (χ3n) is 3.56. The fraction of sp³-hybridized carbons (Fsp3) is 1.00. The van der Waals surface area contributed by atoms with E-state index in [1.54, 1.807) is 7.05 Å². The third-order valence-corrected chi connectivity index (χ3v) is 5.55. The van der Waals surface area contributed by atoms with Crippen LogP contribution in [-0.2, 0) is 14.9 Å². The Morgan fingerprint density at radius 1 is 1.32 bits per heavy atom. The second-order valence-corrected chi connectivity index (χ2v) is 7.31. The molecule has 2 aliphatic rings. The van der Waals surface area contributed by atoms with E-state index < -0.39 is 10.2 Å². The van der Waals surface area contributed by atoms with Gasteiger partial charge in [-0.3, -0.25) is 0 Å². The molecule has 1 aliphatic heterocycles. The lowest BCUT2D eigenvalue weighted by atomic mass is 10.4. The average molecular weight is 291 g/mol. The van der Waals surface area contributed by atoms with Crippen LogP contribution >= 0.6 is 0 Å². The summed E-state index contributed by atoms with van der Waals surface area (Å²) < 4.78 is 33.0. The van der Waals surface area contributed by atoms with E-state index in [9.17, 15) is 8.42 Å². The Balaban J connectivity index is 1.75. The van der Waals surface area contributed by atoms with Crippen LogP contribution in [0.1, 0.15) is 25.7 Å². The van der Waals surface area contributed by atoms with Crippen LogP contribution in [0.3, 0.4) is 0 Å². The second kappa shape index (κ2) is 6.99. The van der Waals surface area contributed by atoms with Crippen molar-refractivity contribution < 1.29 is 13.2 Å². The quantitative estimate of drug-likeness (QED) is 0.672. The van der Waals surface area contributed by atoms with Crippen LogP contribution in [0, 0.1) is 0 Å². The van der Waals surface area contributed by atoms with Gasteiger partial charge >= 0.3 is 0 Å². The van der Waals surface area contributed by atoms with Gasteiger partial charge in [-0.15, -0.1) is 0 Å². The molecule has 0 atom stereocenters. The lowest BCUT2D eigenvalue weighted by molar-refractivity contribution is 0.147. The zero-order valence-electron chi connectivity index (χ0n) is 11.7. The summed E-state index contributed by atoms with van der Waals surface area (Å²) in [5, 5.41) is 3.40. The molecule has 0 aromatic heterocycles. The highest BCUT2D eigenvalue weighted by atomic mass is 32.2. The lowest BCUT2D eigenvalue weighted by Gasteiger charge is -2.26. The van der Waals surface area contributed by atoms with E-state index in [4.69, 9.17) is 4.74 Å². The summed E-state index contributed by atoms with van der Waals surface area (Å²) in [6.45, 7) is 3.64. The maximum Gasteiger partial charge on any atom is 0.281 e. The number of rotatable bonds is 7. The van der Waals surface area contributed by atoms with Gasteiger partial charge in [0, 0.05) is 39.3 Å². The first-order valence-electron chi connectivity index (χ1n) is 7.13. The molecule has 2 rings (SSSR count). The predicted molar refractivity (Wildman–Crippen MR) is 74.2 cm³/mol. The van der Waals surface area contributed by atoms with Crippen molar-refractivity contribution in [1.82, 2.24) is 13.9 Å². The molecule has 6 nitrogen and oxygen atoms in total. The number of nitrogens with one attached hydrogen (secondary N) is 1. The molecular weight excluding hydrogens is 266 g/mol. The minimum atomic E-state index is -3.31. The highest BCUT2D eigenvalue weighted by Crippen LogP contribution is 2.18. The summed E-state index contributed by atoms with van der Waals surface area (Å²) in [6, 6.07) is 0.685. The second-order valence-electron chi connectivity index (χ2n) is 5.28. The molecule has 2 fully saturated rings. The van der Waals surface area contributed by atoms with Gasteiger partial charge < -0.3 is 10.1 Å². The molecule has 112 valence electrons. The molecule has 1 saturated heterocycles.